The van der Waals surface area contributed by atoms with Gasteiger partial charge in [0.25, 0.3) is 0 Å². The summed E-state index contributed by atoms with van der Waals surface area (Å²) in [4.78, 5) is 2.70. The van der Waals surface area contributed by atoms with E-state index in [1.54, 1.807) is 6.07 Å². The molecule has 0 aliphatic carbocycles. The summed E-state index contributed by atoms with van der Waals surface area (Å²) in [5.41, 5.74) is 1.84. The molecule has 0 saturated carbocycles. The molecule has 1 unspecified atom stereocenters. The van der Waals surface area contributed by atoms with Crippen LogP contribution in [0.2, 0.25) is 0 Å². The molecule has 2 aromatic rings. The number of ether oxygens (including phenoxy) is 1. The molecule has 4 rings (SSSR count). The lowest BCUT2D eigenvalue weighted by Crippen LogP contribution is -2.46. The molecule has 0 bridgehead atoms. The highest BCUT2D eigenvalue weighted by Gasteiger charge is 2.38. The molecular weight excluding hydrogens is 326 g/mol. The van der Waals surface area contributed by atoms with Crippen LogP contribution in [-0.2, 0) is 0 Å². The summed E-state index contributed by atoms with van der Waals surface area (Å²) in [6.45, 7) is 0.921. The summed E-state index contributed by atoms with van der Waals surface area (Å²) in [6.07, 6.45) is 1.97. The number of nitrogens with one attached hydrogen (secondary N) is 2. The predicted molar refractivity (Wildman–Crippen MR) is 97.1 cm³/mol. The summed E-state index contributed by atoms with van der Waals surface area (Å²) in [7, 11) is -1.16. The van der Waals surface area contributed by atoms with Gasteiger partial charge in [0.2, 0.25) is 0 Å². The van der Waals surface area contributed by atoms with Gasteiger partial charge in [0.05, 0.1) is 11.9 Å². The van der Waals surface area contributed by atoms with Gasteiger partial charge >= 0.3 is 0 Å². The van der Waals surface area contributed by atoms with Crippen molar-refractivity contribution in [2.24, 2.45) is 0 Å². The molecular formula is C17H21N3O3S. The zero-order chi connectivity index (χ0) is 16.7. The second-order valence-electron chi connectivity index (χ2n) is 6.03. The van der Waals surface area contributed by atoms with Crippen LogP contribution in [0.3, 0.4) is 0 Å². The molecule has 1 fully saturated rings. The first-order valence-electron chi connectivity index (χ1n) is 7.99. The van der Waals surface area contributed by atoms with Crippen LogP contribution in [0.5, 0.6) is 11.5 Å². The molecule has 0 radical (unpaired) electrons. The fourth-order valence-corrected chi connectivity index (χ4v) is 4.81. The molecule has 7 heteroatoms. The lowest BCUT2D eigenvalue weighted by Gasteiger charge is -2.46. The van der Waals surface area contributed by atoms with E-state index in [0.717, 1.165) is 30.8 Å². The Hall–Kier alpha value is -1.93. The van der Waals surface area contributed by atoms with E-state index in [1.807, 2.05) is 43.4 Å². The second kappa shape index (κ2) is 5.86. The van der Waals surface area contributed by atoms with Gasteiger partial charge < -0.3 is 15.0 Å². The monoisotopic (exact) mass is 347 g/mol. The number of hydrogen-bond acceptors (Lipinski definition) is 6. The molecule has 1 saturated heterocycles. The first-order chi connectivity index (χ1) is 11.6. The summed E-state index contributed by atoms with van der Waals surface area (Å²) in [5.74, 6) is 1.28. The summed E-state index contributed by atoms with van der Waals surface area (Å²) in [6, 6.07) is 13.1. The third-order valence-corrected chi connectivity index (χ3v) is 6.00. The van der Waals surface area contributed by atoms with E-state index in [4.69, 9.17) is 4.74 Å². The number of rotatable bonds is 3. The molecule has 0 aromatic heterocycles. The Labute approximate surface area is 142 Å². The van der Waals surface area contributed by atoms with Crippen molar-refractivity contribution in [3.63, 3.8) is 0 Å². The minimum absolute atomic E-state index is 0.00146. The maximum atomic E-state index is 10.5. The van der Waals surface area contributed by atoms with Crippen molar-refractivity contribution in [1.82, 2.24) is 4.72 Å². The molecule has 1 atom stereocenters. The quantitative estimate of drug-likeness (QED) is 0.670. The SMILES string of the molecule is CNc1cccc(Oc2ccc3c(c2)S(O)(O)NC2CCCN32)c1. The van der Waals surface area contributed by atoms with E-state index in [1.165, 1.54) is 0 Å². The van der Waals surface area contributed by atoms with Crippen molar-refractivity contribution in [3.8, 4) is 11.5 Å². The first kappa shape index (κ1) is 15.6. The van der Waals surface area contributed by atoms with Gasteiger partial charge in [-0.25, -0.2) is 0 Å². The Bertz CT molecular complexity index is 768. The van der Waals surface area contributed by atoms with Gasteiger partial charge in [0.1, 0.15) is 16.4 Å². The van der Waals surface area contributed by atoms with E-state index in [9.17, 15) is 9.11 Å². The van der Waals surface area contributed by atoms with Crippen molar-refractivity contribution in [3.05, 3.63) is 42.5 Å². The number of hydrogen-bond donors (Lipinski definition) is 4. The maximum absolute atomic E-state index is 10.5. The van der Waals surface area contributed by atoms with E-state index in [2.05, 4.69) is 14.9 Å². The third kappa shape index (κ3) is 2.69. The number of nitrogens with zero attached hydrogens (tertiary/aromatic N) is 1. The van der Waals surface area contributed by atoms with Crippen molar-refractivity contribution in [1.29, 1.82) is 0 Å². The Kier molecular flexibility index (Phi) is 3.80. The number of anilines is 2. The van der Waals surface area contributed by atoms with E-state index in [-0.39, 0.29) is 6.17 Å². The highest BCUT2D eigenvalue weighted by Crippen LogP contribution is 2.55. The van der Waals surface area contributed by atoms with Crippen LogP contribution >= 0.6 is 10.8 Å². The second-order valence-corrected chi connectivity index (χ2v) is 7.80. The molecule has 2 aliphatic rings. The van der Waals surface area contributed by atoms with Crippen LogP contribution in [0.4, 0.5) is 11.4 Å². The zero-order valence-electron chi connectivity index (χ0n) is 13.4. The molecule has 0 spiro atoms. The molecule has 2 aliphatic heterocycles. The van der Waals surface area contributed by atoms with Crippen molar-refractivity contribution >= 4 is 22.2 Å². The van der Waals surface area contributed by atoms with Crippen molar-refractivity contribution in [2.45, 2.75) is 23.9 Å². The van der Waals surface area contributed by atoms with E-state index in [0.29, 0.717) is 16.4 Å². The number of fused-ring (bicyclic) bond motifs is 3. The maximum Gasteiger partial charge on any atom is 0.129 e. The normalized spacial score (nSPS) is 22.5. The Morgan fingerprint density at radius 3 is 2.88 bits per heavy atom. The van der Waals surface area contributed by atoms with Gasteiger partial charge in [-0.2, -0.15) is 4.72 Å². The first-order valence-corrected chi connectivity index (χ1v) is 9.53. The largest absolute Gasteiger partial charge is 0.457 e. The Balaban J connectivity index is 1.67. The summed E-state index contributed by atoms with van der Waals surface area (Å²) >= 11 is 0. The summed E-state index contributed by atoms with van der Waals surface area (Å²) in [5, 5.41) is 3.07. The van der Waals surface area contributed by atoms with Crippen LogP contribution in [-0.4, -0.2) is 28.9 Å². The summed E-state index contributed by atoms with van der Waals surface area (Å²) < 4.78 is 29.8. The van der Waals surface area contributed by atoms with Gasteiger partial charge in [0.15, 0.2) is 0 Å². The Morgan fingerprint density at radius 1 is 1.21 bits per heavy atom. The molecule has 24 heavy (non-hydrogen) atoms. The molecule has 2 aromatic carbocycles. The molecule has 6 nitrogen and oxygen atoms in total. The molecule has 2 heterocycles. The minimum atomic E-state index is -3.01. The van der Waals surface area contributed by atoms with Crippen molar-refractivity contribution in [2.75, 3.05) is 23.8 Å². The van der Waals surface area contributed by atoms with Crippen LogP contribution in [0.1, 0.15) is 12.8 Å². The van der Waals surface area contributed by atoms with Gasteiger partial charge in [-0.3, -0.25) is 9.11 Å². The third-order valence-electron chi connectivity index (χ3n) is 4.46. The lowest BCUT2D eigenvalue weighted by molar-refractivity contribution is 0.440. The topological polar surface area (TPSA) is 77.0 Å². The van der Waals surface area contributed by atoms with E-state index < -0.39 is 10.8 Å². The van der Waals surface area contributed by atoms with Gasteiger partial charge in [0, 0.05) is 31.4 Å². The average Bonchev–Trinajstić information content (AvgIpc) is 3.02. The molecule has 128 valence electrons. The molecule has 0 amide bonds. The van der Waals surface area contributed by atoms with Crippen LogP contribution in [0, 0.1) is 0 Å². The Morgan fingerprint density at radius 2 is 2.04 bits per heavy atom. The average molecular weight is 347 g/mol. The van der Waals surface area contributed by atoms with Gasteiger partial charge in [-0.05, 0) is 37.1 Å². The zero-order valence-corrected chi connectivity index (χ0v) is 14.2. The highest BCUT2D eigenvalue weighted by molar-refractivity contribution is 8.22. The minimum Gasteiger partial charge on any atom is -0.457 e. The van der Waals surface area contributed by atoms with Gasteiger partial charge in [-0.1, -0.05) is 6.07 Å². The van der Waals surface area contributed by atoms with Crippen LogP contribution in [0.15, 0.2) is 47.4 Å². The smallest absolute Gasteiger partial charge is 0.129 e. The number of benzene rings is 2. The van der Waals surface area contributed by atoms with Crippen LogP contribution in [0.25, 0.3) is 0 Å². The standard InChI is InChI=1S/C17H21N3O3S/c1-18-12-4-2-5-13(10-12)23-14-7-8-15-16(11-14)24(21,22)19-17-6-3-9-20(15)17/h2,4-5,7-8,10-11,17-19,21-22H,3,6,9H2,1H3. The fourth-order valence-electron chi connectivity index (χ4n) is 3.31. The van der Waals surface area contributed by atoms with Crippen molar-refractivity contribution < 1.29 is 13.8 Å². The molecule has 4 N–H and O–H groups in total. The van der Waals surface area contributed by atoms with Crippen LogP contribution < -0.4 is 19.7 Å². The predicted octanol–water partition coefficient (Wildman–Crippen LogP) is 4.07. The van der Waals surface area contributed by atoms with E-state index >= 15 is 0 Å². The van der Waals surface area contributed by atoms with Gasteiger partial charge in [-0.15, -0.1) is 10.8 Å². The fraction of sp³-hybridized carbons (Fsp3) is 0.294. The highest BCUT2D eigenvalue weighted by atomic mass is 32.3. The lowest BCUT2D eigenvalue weighted by atomic mass is 10.2.